The molecule has 2 heterocycles. The highest BCUT2D eigenvalue weighted by Crippen LogP contribution is 2.28. The van der Waals surface area contributed by atoms with E-state index in [1.807, 2.05) is 24.3 Å². The number of hydrogen-bond donors (Lipinski definition) is 1. The van der Waals surface area contributed by atoms with Crippen LogP contribution >= 0.6 is 23.1 Å². The number of anilines is 1. The van der Waals surface area contributed by atoms with E-state index in [-0.39, 0.29) is 11.7 Å². The Kier molecular flexibility index (Phi) is 7.11. The van der Waals surface area contributed by atoms with E-state index < -0.39 is 0 Å². The summed E-state index contributed by atoms with van der Waals surface area (Å²) in [7, 11) is 1.62. The summed E-state index contributed by atoms with van der Waals surface area (Å²) < 4.78 is 7.23. The zero-order valence-corrected chi connectivity index (χ0v) is 17.9. The second-order valence-electron chi connectivity index (χ2n) is 6.18. The molecule has 0 bridgehead atoms. The predicted molar refractivity (Wildman–Crippen MR) is 115 cm³/mol. The molecule has 3 rings (SSSR count). The average molecular weight is 417 g/mol. The topological polar surface area (TPSA) is 69.0 Å². The summed E-state index contributed by atoms with van der Waals surface area (Å²) >= 11 is 3.15. The zero-order chi connectivity index (χ0) is 19.9. The van der Waals surface area contributed by atoms with E-state index in [1.54, 1.807) is 18.4 Å². The molecule has 3 aromatic rings. The average Bonchev–Trinajstić information content (AvgIpc) is 3.34. The number of aromatic nitrogens is 3. The molecule has 8 heteroatoms. The normalized spacial score (nSPS) is 10.8. The van der Waals surface area contributed by atoms with E-state index in [2.05, 4.69) is 45.4 Å². The fourth-order valence-electron chi connectivity index (χ4n) is 2.72. The van der Waals surface area contributed by atoms with Crippen molar-refractivity contribution in [1.29, 1.82) is 0 Å². The molecular formula is C20H24N4O2S2. The number of benzene rings is 1. The SMILES string of the molecule is CCCn1c(SCC(=O)Nc2ccc(OC)cc2)nnc1-c1csc(CC)c1. The maximum atomic E-state index is 12.3. The molecule has 2 aromatic heterocycles. The molecule has 6 nitrogen and oxygen atoms in total. The first-order valence-corrected chi connectivity index (χ1v) is 11.1. The quantitative estimate of drug-likeness (QED) is 0.511. The number of amides is 1. The van der Waals surface area contributed by atoms with Gasteiger partial charge < -0.3 is 14.6 Å². The third-order valence-electron chi connectivity index (χ3n) is 4.13. The Morgan fingerprint density at radius 2 is 2.04 bits per heavy atom. The highest BCUT2D eigenvalue weighted by Gasteiger charge is 2.16. The van der Waals surface area contributed by atoms with Crippen LogP contribution in [0, 0.1) is 0 Å². The lowest BCUT2D eigenvalue weighted by molar-refractivity contribution is -0.113. The highest BCUT2D eigenvalue weighted by atomic mass is 32.2. The van der Waals surface area contributed by atoms with Gasteiger partial charge in [0.05, 0.1) is 12.9 Å². The Hall–Kier alpha value is -2.32. The summed E-state index contributed by atoms with van der Waals surface area (Å²) in [5, 5.41) is 14.5. The highest BCUT2D eigenvalue weighted by molar-refractivity contribution is 7.99. The minimum atomic E-state index is -0.0773. The van der Waals surface area contributed by atoms with Crippen molar-refractivity contribution in [1.82, 2.24) is 14.8 Å². The van der Waals surface area contributed by atoms with E-state index in [1.165, 1.54) is 16.6 Å². The van der Waals surface area contributed by atoms with Crippen LogP contribution in [0.25, 0.3) is 11.4 Å². The molecule has 0 radical (unpaired) electrons. The molecule has 0 aliphatic carbocycles. The van der Waals surface area contributed by atoms with E-state index in [9.17, 15) is 4.79 Å². The molecule has 1 aromatic carbocycles. The molecule has 0 unspecified atom stereocenters. The smallest absolute Gasteiger partial charge is 0.234 e. The van der Waals surface area contributed by atoms with Gasteiger partial charge in [0.1, 0.15) is 5.75 Å². The zero-order valence-electron chi connectivity index (χ0n) is 16.3. The van der Waals surface area contributed by atoms with Gasteiger partial charge in [-0.3, -0.25) is 4.79 Å². The standard InChI is InChI=1S/C20H24N4O2S2/c1-4-10-24-19(14-11-17(5-2)27-12-14)22-23-20(24)28-13-18(25)21-15-6-8-16(26-3)9-7-15/h6-9,11-12H,4-5,10,13H2,1-3H3,(H,21,25). The number of aryl methyl sites for hydroxylation is 1. The maximum absolute atomic E-state index is 12.3. The van der Waals surface area contributed by atoms with Gasteiger partial charge in [0.2, 0.25) is 5.91 Å². The summed E-state index contributed by atoms with van der Waals surface area (Å²) in [5.74, 6) is 1.83. The number of nitrogens with one attached hydrogen (secondary N) is 1. The Labute approximate surface area is 173 Å². The second kappa shape index (κ2) is 9.75. The van der Waals surface area contributed by atoms with E-state index in [0.717, 1.165) is 47.4 Å². The molecule has 1 amide bonds. The number of nitrogens with zero attached hydrogens (tertiary/aromatic N) is 3. The number of methoxy groups -OCH3 is 1. The molecule has 0 saturated carbocycles. The van der Waals surface area contributed by atoms with Crippen LogP contribution in [0.5, 0.6) is 5.75 Å². The Morgan fingerprint density at radius 3 is 2.68 bits per heavy atom. The number of hydrogen-bond acceptors (Lipinski definition) is 6. The third kappa shape index (κ3) is 4.94. The van der Waals surface area contributed by atoms with Crippen molar-refractivity contribution >= 4 is 34.7 Å². The molecule has 0 aliphatic heterocycles. The summed E-state index contributed by atoms with van der Waals surface area (Å²) in [4.78, 5) is 13.6. The fraction of sp³-hybridized carbons (Fsp3) is 0.350. The monoisotopic (exact) mass is 416 g/mol. The van der Waals surface area contributed by atoms with Crippen LogP contribution in [0.1, 0.15) is 25.1 Å². The lowest BCUT2D eigenvalue weighted by Gasteiger charge is -2.09. The number of rotatable bonds is 9. The molecule has 0 atom stereocenters. The maximum Gasteiger partial charge on any atom is 0.234 e. The molecule has 28 heavy (non-hydrogen) atoms. The van der Waals surface area contributed by atoms with Crippen molar-refractivity contribution in [3.05, 3.63) is 40.6 Å². The number of carbonyl (C=O) groups excluding carboxylic acids is 1. The molecule has 0 aliphatic rings. The van der Waals surface area contributed by atoms with E-state index in [0.29, 0.717) is 0 Å². The summed E-state index contributed by atoms with van der Waals surface area (Å²) in [6.45, 7) is 5.09. The first-order valence-electron chi connectivity index (χ1n) is 9.22. The van der Waals surface area contributed by atoms with Crippen molar-refractivity contribution in [3.8, 4) is 17.1 Å². The minimum absolute atomic E-state index is 0.0773. The number of thioether (sulfide) groups is 1. The van der Waals surface area contributed by atoms with Crippen molar-refractivity contribution in [2.24, 2.45) is 0 Å². The van der Waals surface area contributed by atoms with Gasteiger partial charge in [-0.25, -0.2) is 0 Å². The summed E-state index contributed by atoms with van der Waals surface area (Å²) in [6.07, 6.45) is 1.99. The molecule has 148 valence electrons. The van der Waals surface area contributed by atoms with Gasteiger partial charge in [0, 0.05) is 28.1 Å². The fourth-order valence-corrected chi connectivity index (χ4v) is 4.30. The number of thiophene rings is 1. The molecule has 0 spiro atoms. The van der Waals surface area contributed by atoms with Gasteiger partial charge in [0.15, 0.2) is 11.0 Å². The Bertz CT molecular complexity index is 919. The first-order chi connectivity index (χ1) is 13.6. The summed E-state index contributed by atoms with van der Waals surface area (Å²) in [6, 6.07) is 9.45. The number of ether oxygens (including phenoxy) is 1. The lowest BCUT2D eigenvalue weighted by Crippen LogP contribution is -2.14. The van der Waals surface area contributed by atoms with Crippen molar-refractivity contribution in [2.75, 3.05) is 18.2 Å². The number of carbonyl (C=O) groups is 1. The van der Waals surface area contributed by atoms with Crippen LogP contribution in [0.4, 0.5) is 5.69 Å². The van der Waals surface area contributed by atoms with Crippen LogP contribution in [0.2, 0.25) is 0 Å². The van der Waals surface area contributed by atoms with Gasteiger partial charge in [0.25, 0.3) is 0 Å². The van der Waals surface area contributed by atoms with Crippen LogP contribution < -0.4 is 10.1 Å². The predicted octanol–water partition coefficient (Wildman–Crippen LogP) is 4.72. The van der Waals surface area contributed by atoms with Gasteiger partial charge >= 0.3 is 0 Å². The molecule has 0 fully saturated rings. The van der Waals surface area contributed by atoms with Crippen LogP contribution in [0.15, 0.2) is 40.9 Å². The van der Waals surface area contributed by atoms with Crippen LogP contribution in [-0.4, -0.2) is 33.5 Å². The van der Waals surface area contributed by atoms with Crippen LogP contribution in [0.3, 0.4) is 0 Å². The van der Waals surface area contributed by atoms with Crippen molar-refractivity contribution < 1.29 is 9.53 Å². The van der Waals surface area contributed by atoms with Crippen molar-refractivity contribution in [2.45, 2.75) is 38.4 Å². The largest absolute Gasteiger partial charge is 0.497 e. The van der Waals surface area contributed by atoms with Gasteiger partial charge in [-0.15, -0.1) is 21.5 Å². The molecule has 1 N–H and O–H groups in total. The lowest BCUT2D eigenvalue weighted by atomic mass is 10.2. The molecule has 0 saturated heterocycles. The third-order valence-corrected chi connectivity index (χ3v) is 6.18. The van der Waals surface area contributed by atoms with E-state index >= 15 is 0 Å². The summed E-state index contributed by atoms with van der Waals surface area (Å²) in [5.41, 5.74) is 1.84. The molecular weight excluding hydrogens is 392 g/mol. The van der Waals surface area contributed by atoms with Gasteiger partial charge in [-0.1, -0.05) is 25.6 Å². The van der Waals surface area contributed by atoms with E-state index in [4.69, 9.17) is 4.74 Å². The Balaban J connectivity index is 1.66. The second-order valence-corrected chi connectivity index (χ2v) is 8.12. The van der Waals surface area contributed by atoms with Crippen LogP contribution in [-0.2, 0) is 17.8 Å². The Morgan fingerprint density at radius 1 is 1.25 bits per heavy atom. The van der Waals surface area contributed by atoms with Gasteiger partial charge in [-0.2, -0.15) is 0 Å². The minimum Gasteiger partial charge on any atom is -0.497 e. The van der Waals surface area contributed by atoms with Gasteiger partial charge in [-0.05, 0) is 43.2 Å². The van der Waals surface area contributed by atoms with Crippen molar-refractivity contribution in [3.63, 3.8) is 0 Å². The first kappa shape index (κ1) is 20.4.